The molecule has 0 atom stereocenters. The predicted molar refractivity (Wildman–Crippen MR) is 92.6 cm³/mol. The SMILES string of the molecule is COc1ccc(C(=O)OCC(=O)NC(=O)NC(C)C)c2ccccc12. The zero-order chi connectivity index (χ0) is 18.4. The average molecular weight is 344 g/mol. The number of fused-ring (bicyclic) bond motifs is 1. The molecule has 0 unspecified atom stereocenters. The molecule has 2 aromatic rings. The van der Waals surface area contributed by atoms with Crippen molar-refractivity contribution >= 4 is 28.7 Å². The highest BCUT2D eigenvalue weighted by Gasteiger charge is 2.16. The molecule has 0 saturated heterocycles. The normalized spacial score (nSPS) is 10.4. The Hall–Kier alpha value is -3.09. The van der Waals surface area contributed by atoms with E-state index in [-0.39, 0.29) is 6.04 Å². The third-order valence-electron chi connectivity index (χ3n) is 3.33. The van der Waals surface area contributed by atoms with Crippen LogP contribution in [-0.2, 0) is 9.53 Å². The molecular formula is C18H20N2O5. The number of nitrogens with one attached hydrogen (secondary N) is 2. The first kappa shape index (κ1) is 18.3. The van der Waals surface area contributed by atoms with Crippen molar-refractivity contribution in [3.63, 3.8) is 0 Å². The van der Waals surface area contributed by atoms with Crippen molar-refractivity contribution in [2.24, 2.45) is 0 Å². The van der Waals surface area contributed by atoms with E-state index in [1.54, 1.807) is 45.2 Å². The van der Waals surface area contributed by atoms with Crippen LogP contribution in [0.15, 0.2) is 36.4 Å². The summed E-state index contributed by atoms with van der Waals surface area (Å²) in [5.41, 5.74) is 0.316. The maximum Gasteiger partial charge on any atom is 0.339 e. The smallest absolute Gasteiger partial charge is 0.339 e. The van der Waals surface area contributed by atoms with E-state index < -0.39 is 24.5 Å². The molecule has 25 heavy (non-hydrogen) atoms. The van der Waals surface area contributed by atoms with Gasteiger partial charge in [0.2, 0.25) is 0 Å². The van der Waals surface area contributed by atoms with Crippen LogP contribution in [0.5, 0.6) is 5.75 Å². The Kier molecular flexibility index (Phi) is 5.94. The quantitative estimate of drug-likeness (QED) is 0.811. The number of methoxy groups -OCH3 is 1. The van der Waals surface area contributed by atoms with Gasteiger partial charge in [-0.3, -0.25) is 10.1 Å². The molecule has 7 nitrogen and oxygen atoms in total. The van der Waals surface area contributed by atoms with Crippen LogP contribution < -0.4 is 15.4 Å². The molecule has 2 N–H and O–H groups in total. The molecule has 0 radical (unpaired) electrons. The number of ether oxygens (including phenoxy) is 2. The number of rotatable bonds is 5. The Labute approximate surface area is 145 Å². The van der Waals surface area contributed by atoms with E-state index in [1.165, 1.54) is 0 Å². The van der Waals surface area contributed by atoms with Gasteiger partial charge in [0.1, 0.15) is 5.75 Å². The number of imide groups is 1. The second-order valence-corrected chi connectivity index (χ2v) is 5.61. The van der Waals surface area contributed by atoms with Crippen LogP contribution in [0, 0.1) is 0 Å². The molecule has 0 aliphatic heterocycles. The Morgan fingerprint density at radius 1 is 1.04 bits per heavy atom. The molecule has 0 aromatic heterocycles. The summed E-state index contributed by atoms with van der Waals surface area (Å²) < 4.78 is 10.3. The first-order valence-corrected chi connectivity index (χ1v) is 7.75. The number of carbonyl (C=O) groups excluding carboxylic acids is 3. The first-order valence-electron chi connectivity index (χ1n) is 7.75. The summed E-state index contributed by atoms with van der Waals surface area (Å²) in [6.45, 7) is 2.97. The van der Waals surface area contributed by atoms with Gasteiger partial charge in [0, 0.05) is 11.4 Å². The second-order valence-electron chi connectivity index (χ2n) is 5.61. The topological polar surface area (TPSA) is 93.7 Å². The Bertz CT molecular complexity index is 801. The van der Waals surface area contributed by atoms with Gasteiger partial charge in [-0.15, -0.1) is 0 Å². The van der Waals surface area contributed by atoms with E-state index in [0.717, 1.165) is 5.39 Å². The number of carbonyl (C=O) groups is 3. The molecule has 0 aliphatic carbocycles. The van der Waals surface area contributed by atoms with Crippen molar-refractivity contribution in [3.8, 4) is 5.75 Å². The minimum Gasteiger partial charge on any atom is -0.496 e. The fourth-order valence-electron chi connectivity index (χ4n) is 2.30. The van der Waals surface area contributed by atoms with Crippen LogP contribution in [0.4, 0.5) is 4.79 Å². The monoisotopic (exact) mass is 344 g/mol. The number of amides is 3. The van der Waals surface area contributed by atoms with Crippen LogP contribution in [-0.4, -0.2) is 37.7 Å². The summed E-state index contributed by atoms with van der Waals surface area (Å²) in [4.78, 5) is 35.4. The van der Waals surface area contributed by atoms with Gasteiger partial charge in [-0.25, -0.2) is 9.59 Å². The van der Waals surface area contributed by atoms with Crippen molar-refractivity contribution in [1.29, 1.82) is 0 Å². The Morgan fingerprint density at radius 2 is 1.72 bits per heavy atom. The molecule has 7 heteroatoms. The van der Waals surface area contributed by atoms with Crippen molar-refractivity contribution < 1.29 is 23.9 Å². The predicted octanol–water partition coefficient (Wildman–Crippen LogP) is 2.24. The van der Waals surface area contributed by atoms with Gasteiger partial charge in [0.15, 0.2) is 6.61 Å². The van der Waals surface area contributed by atoms with Gasteiger partial charge >= 0.3 is 12.0 Å². The second kappa shape index (κ2) is 8.14. The van der Waals surface area contributed by atoms with Crippen LogP contribution in [0.2, 0.25) is 0 Å². The highest BCUT2D eigenvalue weighted by molar-refractivity contribution is 6.07. The summed E-state index contributed by atoms with van der Waals surface area (Å²) in [6.07, 6.45) is 0. The Balaban J connectivity index is 2.06. The first-order chi connectivity index (χ1) is 11.9. The van der Waals surface area contributed by atoms with Gasteiger partial charge in [0.25, 0.3) is 5.91 Å². The molecular weight excluding hydrogens is 324 g/mol. The highest BCUT2D eigenvalue weighted by Crippen LogP contribution is 2.28. The zero-order valence-corrected chi connectivity index (χ0v) is 14.3. The molecule has 3 amide bonds. The number of benzene rings is 2. The maximum absolute atomic E-state index is 12.3. The van der Waals surface area contributed by atoms with Crippen LogP contribution >= 0.6 is 0 Å². The standard InChI is InChI=1S/C18H20N2O5/c1-11(2)19-18(23)20-16(21)10-25-17(22)14-8-9-15(24-3)13-7-5-4-6-12(13)14/h4-9,11H,10H2,1-3H3,(H2,19,20,21,23). The van der Waals surface area contributed by atoms with Crippen molar-refractivity contribution in [1.82, 2.24) is 10.6 Å². The lowest BCUT2D eigenvalue weighted by atomic mass is 10.0. The fraction of sp³-hybridized carbons (Fsp3) is 0.278. The fourth-order valence-corrected chi connectivity index (χ4v) is 2.30. The van der Waals surface area contributed by atoms with Gasteiger partial charge in [-0.05, 0) is 31.4 Å². The molecule has 0 aliphatic rings. The average Bonchev–Trinajstić information content (AvgIpc) is 2.57. The summed E-state index contributed by atoms with van der Waals surface area (Å²) in [5.74, 6) is -0.724. The molecule has 132 valence electrons. The minimum absolute atomic E-state index is 0.110. The highest BCUT2D eigenvalue weighted by atomic mass is 16.5. The lowest BCUT2D eigenvalue weighted by molar-refractivity contribution is -0.123. The minimum atomic E-state index is -0.704. The van der Waals surface area contributed by atoms with E-state index in [4.69, 9.17) is 9.47 Å². The zero-order valence-electron chi connectivity index (χ0n) is 14.3. The number of urea groups is 1. The lowest BCUT2D eigenvalue weighted by Gasteiger charge is -2.11. The molecule has 2 aromatic carbocycles. The summed E-state index contributed by atoms with van der Waals surface area (Å²) >= 11 is 0. The van der Waals surface area contributed by atoms with Gasteiger partial charge in [-0.2, -0.15) is 0 Å². The van der Waals surface area contributed by atoms with E-state index in [1.807, 2.05) is 12.1 Å². The molecule has 0 fully saturated rings. The molecule has 0 spiro atoms. The molecule has 0 saturated carbocycles. The van der Waals surface area contributed by atoms with Crippen molar-refractivity contribution in [2.45, 2.75) is 19.9 Å². The van der Waals surface area contributed by atoms with Crippen LogP contribution in [0.1, 0.15) is 24.2 Å². The maximum atomic E-state index is 12.3. The summed E-state index contributed by atoms with van der Waals surface area (Å²) in [6, 6.07) is 9.72. The van der Waals surface area contributed by atoms with E-state index >= 15 is 0 Å². The molecule has 0 heterocycles. The van der Waals surface area contributed by atoms with E-state index in [0.29, 0.717) is 16.7 Å². The largest absolute Gasteiger partial charge is 0.496 e. The van der Waals surface area contributed by atoms with Gasteiger partial charge in [-0.1, -0.05) is 24.3 Å². The lowest BCUT2D eigenvalue weighted by Crippen LogP contribution is -2.44. The van der Waals surface area contributed by atoms with Crippen molar-refractivity contribution in [2.75, 3.05) is 13.7 Å². The Morgan fingerprint density at radius 3 is 2.36 bits per heavy atom. The van der Waals surface area contributed by atoms with E-state index in [9.17, 15) is 14.4 Å². The van der Waals surface area contributed by atoms with Crippen molar-refractivity contribution in [3.05, 3.63) is 42.0 Å². The number of hydrogen-bond donors (Lipinski definition) is 2. The molecule has 2 rings (SSSR count). The molecule has 0 bridgehead atoms. The van der Waals surface area contributed by atoms with Gasteiger partial charge in [0.05, 0.1) is 12.7 Å². The number of hydrogen-bond acceptors (Lipinski definition) is 5. The summed E-state index contributed by atoms with van der Waals surface area (Å²) in [7, 11) is 1.55. The van der Waals surface area contributed by atoms with Crippen LogP contribution in [0.3, 0.4) is 0 Å². The van der Waals surface area contributed by atoms with Crippen LogP contribution in [0.25, 0.3) is 10.8 Å². The third kappa shape index (κ3) is 4.69. The summed E-state index contributed by atoms with van der Waals surface area (Å²) in [5, 5.41) is 6.01. The van der Waals surface area contributed by atoms with E-state index in [2.05, 4.69) is 10.6 Å². The number of esters is 1. The van der Waals surface area contributed by atoms with Gasteiger partial charge < -0.3 is 14.8 Å². The third-order valence-corrected chi connectivity index (χ3v) is 3.33.